The number of aliphatic hydroxyl groups excluding tert-OH is 2. The summed E-state index contributed by atoms with van der Waals surface area (Å²) in [6.45, 7) is 4.42. The highest BCUT2D eigenvalue weighted by Gasteiger charge is 2.59. The number of carboxylic acid groups (broad SMARTS) is 1. The first-order chi connectivity index (χ1) is 13.4. The number of aliphatic hydroxyl groups is 2. The Balaban J connectivity index is 1.75. The molecule has 156 valence electrons. The maximum atomic E-state index is 10.9. The Morgan fingerprint density at radius 3 is 2.64 bits per heavy atom. The van der Waals surface area contributed by atoms with E-state index in [2.05, 4.69) is 31.8 Å². The summed E-state index contributed by atoms with van der Waals surface area (Å²) in [5.41, 5.74) is 1.38. The molecule has 4 nitrogen and oxygen atoms in total. The fourth-order valence-corrected chi connectivity index (χ4v) is 6.13. The molecule has 4 heteroatoms. The molecule has 0 aromatic heterocycles. The summed E-state index contributed by atoms with van der Waals surface area (Å²) >= 11 is 0. The smallest absolute Gasteiger partial charge is 0.303 e. The van der Waals surface area contributed by atoms with Gasteiger partial charge in [0.1, 0.15) is 6.10 Å². The zero-order valence-corrected chi connectivity index (χ0v) is 17.4. The van der Waals surface area contributed by atoms with Gasteiger partial charge in [0.05, 0.1) is 12.0 Å². The van der Waals surface area contributed by atoms with Crippen LogP contribution in [0.25, 0.3) is 0 Å². The molecular weight excluding hydrogens is 352 g/mol. The molecule has 0 aliphatic heterocycles. The SMILES string of the molecule is CCC1C(=CCCC(=O)O)[C@]2(C)CC[C@H](O)[C@@H](C#CC(O)C3CCCCC3)[C@H]12. The standard InChI is InChI=1S/C24H36O4/c1-3-17-19(10-7-11-22(27)28)24(2)15-14-21(26)18(23(17)24)12-13-20(25)16-8-5-4-6-9-16/h10,16-18,20-21,23,25-26H,3-9,11,14-15H2,1-2H3,(H,27,28)/t17?,18-,20?,21+,23+,24+/m1/s1. The minimum Gasteiger partial charge on any atom is -0.481 e. The molecule has 3 N–H and O–H groups in total. The predicted octanol–water partition coefficient (Wildman–Crippen LogP) is 4.16. The molecule has 0 aromatic rings. The number of hydrogen-bond acceptors (Lipinski definition) is 3. The fourth-order valence-electron chi connectivity index (χ4n) is 6.13. The lowest BCUT2D eigenvalue weighted by Crippen LogP contribution is -2.57. The molecular formula is C24H36O4. The van der Waals surface area contributed by atoms with Crippen LogP contribution in [0.3, 0.4) is 0 Å². The molecule has 28 heavy (non-hydrogen) atoms. The van der Waals surface area contributed by atoms with E-state index < -0.39 is 18.2 Å². The first-order valence-electron chi connectivity index (χ1n) is 11.2. The molecule has 0 radical (unpaired) electrons. The Morgan fingerprint density at radius 1 is 1.29 bits per heavy atom. The maximum absolute atomic E-state index is 10.9. The van der Waals surface area contributed by atoms with Crippen LogP contribution in [0.1, 0.15) is 78.1 Å². The highest BCUT2D eigenvalue weighted by atomic mass is 16.4. The second kappa shape index (κ2) is 9.01. The van der Waals surface area contributed by atoms with Gasteiger partial charge in [-0.15, -0.1) is 0 Å². The Morgan fingerprint density at radius 2 is 2.00 bits per heavy atom. The zero-order valence-electron chi connectivity index (χ0n) is 17.4. The lowest BCUT2D eigenvalue weighted by Gasteiger charge is -2.62. The Bertz CT molecular complexity index is 651. The third kappa shape index (κ3) is 4.16. The molecule has 3 aliphatic rings. The van der Waals surface area contributed by atoms with Crippen molar-refractivity contribution in [1.82, 2.24) is 0 Å². The molecule has 6 atom stereocenters. The topological polar surface area (TPSA) is 77.8 Å². The quantitative estimate of drug-likeness (QED) is 0.488. The van der Waals surface area contributed by atoms with Gasteiger partial charge in [-0.25, -0.2) is 0 Å². The second-order valence-corrected chi connectivity index (χ2v) is 9.31. The molecule has 3 saturated carbocycles. The third-order valence-electron chi connectivity index (χ3n) is 7.65. The number of rotatable bonds is 5. The van der Waals surface area contributed by atoms with Crippen molar-refractivity contribution in [2.75, 3.05) is 0 Å². The molecule has 3 rings (SSSR count). The minimum atomic E-state index is -0.759. The molecule has 0 amide bonds. The van der Waals surface area contributed by atoms with Crippen LogP contribution < -0.4 is 0 Å². The van der Waals surface area contributed by atoms with E-state index in [9.17, 15) is 15.0 Å². The average molecular weight is 389 g/mol. The van der Waals surface area contributed by atoms with E-state index in [4.69, 9.17) is 5.11 Å². The lowest BCUT2D eigenvalue weighted by atomic mass is 9.42. The van der Waals surface area contributed by atoms with Gasteiger partial charge in [-0.05, 0) is 61.7 Å². The van der Waals surface area contributed by atoms with Crippen molar-refractivity contribution in [1.29, 1.82) is 0 Å². The number of fused-ring (bicyclic) bond motifs is 1. The van der Waals surface area contributed by atoms with Crippen LogP contribution >= 0.6 is 0 Å². The van der Waals surface area contributed by atoms with Crippen LogP contribution in [0.2, 0.25) is 0 Å². The first-order valence-corrected chi connectivity index (χ1v) is 11.2. The summed E-state index contributed by atoms with van der Waals surface area (Å²) in [6.07, 6.45) is 10.2. The summed E-state index contributed by atoms with van der Waals surface area (Å²) in [5, 5.41) is 30.2. The van der Waals surface area contributed by atoms with E-state index in [1.807, 2.05) is 0 Å². The maximum Gasteiger partial charge on any atom is 0.303 e. The summed E-state index contributed by atoms with van der Waals surface area (Å²) in [7, 11) is 0. The van der Waals surface area contributed by atoms with Crippen molar-refractivity contribution >= 4 is 5.97 Å². The molecule has 3 fully saturated rings. The van der Waals surface area contributed by atoms with Crippen LogP contribution in [-0.2, 0) is 4.79 Å². The molecule has 0 spiro atoms. The van der Waals surface area contributed by atoms with Crippen LogP contribution in [-0.4, -0.2) is 33.5 Å². The van der Waals surface area contributed by atoms with Gasteiger partial charge in [-0.1, -0.05) is 56.6 Å². The Hall–Kier alpha value is -1.31. The average Bonchev–Trinajstić information content (AvgIpc) is 2.68. The Labute approximate surface area is 169 Å². The van der Waals surface area contributed by atoms with Gasteiger partial charge in [-0.3, -0.25) is 4.79 Å². The summed E-state index contributed by atoms with van der Waals surface area (Å²) in [4.78, 5) is 10.9. The van der Waals surface area contributed by atoms with E-state index in [1.165, 1.54) is 24.8 Å². The van der Waals surface area contributed by atoms with Gasteiger partial charge >= 0.3 is 5.97 Å². The van der Waals surface area contributed by atoms with E-state index in [0.717, 1.165) is 32.1 Å². The van der Waals surface area contributed by atoms with Crippen molar-refractivity contribution in [2.24, 2.45) is 29.1 Å². The van der Waals surface area contributed by atoms with Gasteiger partial charge in [0, 0.05) is 6.42 Å². The van der Waals surface area contributed by atoms with Gasteiger partial charge in [-0.2, -0.15) is 0 Å². The normalized spacial score (nSPS) is 38.1. The number of carbonyl (C=O) groups is 1. The van der Waals surface area contributed by atoms with Crippen LogP contribution in [0.5, 0.6) is 0 Å². The van der Waals surface area contributed by atoms with Crippen LogP contribution in [0.4, 0.5) is 0 Å². The van der Waals surface area contributed by atoms with Crippen LogP contribution in [0.15, 0.2) is 11.6 Å². The molecule has 0 saturated heterocycles. The van der Waals surface area contributed by atoms with E-state index in [-0.39, 0.29) is 23.7 Å². The van der Waals surface area contributed by atoms with Crippen molar-refractivity contribution in [3.05, 3.63) is 11.6 Å². The third-order valence-corrected chi connectivity index (χ3v) is 7.65. The highest BCUT2D eigenvalue weighted by Crippen LogP contribution is 2.65. The minimum absolute atomic E-state index is 0.00749. The Kier molecular flexibility index (Phi) is 6.89. The molecule has 2 unspecified atom stereocenters. The van der Waals surface area contributed by atoms with E-state index in [0.29, 0.717) is 18.3 Å². The number of carboxylic acids is 1. The number of aliphatic carboxylic acids is 1. The second-order valence-electron chi connectivity index (χ2n) is 9.31. The monoisotopic (exact) mass is 388 g/mol. The van der Waals surface area contributed by atoms with Gasteiger partial charge < -0.3 is 15.3 Å². The molecule has 0 aromatic carbocycles. The molecule has 0 heterocycles. The first kappa shape index (κ1) is 21.4. The predicted molar refractivity (Wildman–Crippen MR) is 109 cm³/mol. The van der Waals surface area contributed by atoms with Gasteiger partial charge in [0.15, 0.2) is 0 Å². The highest BCUT2D eigenvalue weighted by molar-refractivity contribution is 5.66. The van der Waals surface area contributed by atoms with E-state index >= 15 is 0 Å². The van der Waals surface area contributed by atoms with Crippen molar-refractivity contribution < 1.29 is 20.1 Å². The summed E-state index contributed by atoms with van der Waals surface area (Å²) in [5.74, 6) is 6.51. The van der Waals surface area contributed by atoms with Crippen molar-refractivity contribution in [2.45, 2.75) is 90.3 Å². The van der Waals surface area contributed by atoms with Crippen LogP contribution in [0, 0.1) is 40.9 Å². The molecule has 0 bridgehead atoms. The van der Waals surface area contributed by atoms with Gasteiger partial charge in [0.2, 0.25) is 0 Å². The van der Waals surface area contributed by atoms with Crippen molar-refractivity contribution in [3.8, 4) is 11.8 Å². The largest absolute Gasteiger partial charge is 0.481 e. The summed E-state index contributed by atoms with van der Waals surface area (Å²) < 4.78 is 0. The lowest BCUT2D eigenvalue weighted by molar-refractivity contribution is -0.136. The number of allylic oxidation sites excluding steroid dienone is 2. The summed E-state index contributed by atoms with van der Waals surface area (Å²) in [6, 6.07) is 0. The molecule has 3 aliphatic carbocycles. The van der Waals surface area contributed by atoms with Crippen molar-refractivity contribution in [3.63, 3.8) is 0 Å². The zero-order chi connectivity index (χ0) is 20.3. The fraction of sp³-hybridized carbons (Fsp3) is 0.792. The van der Waals surface area contributed by atoms with Gasteiger partial charge in [0.25, 0.3) is 0 Å². The van der Waals surface area contributed by atoms with E-state index in [1.54, 1.807) is 0 Å². The number of hydrogen-bond donors (Lipinski definition) is 3.